The topological polar surface area (TPSA) is 6.48 Å². The van der Waals surface area contributed by atoms with Crippen molar-refractivity contribution < 1.29 is 0 Å². The fraction of sp³-hybridized carbons (Fsp3) is 0.250. The van der Waals surface area contributed by atoms with Crippen LogP contribution in [0.2, 0.25) is 52.4 Å². The van der Waals surface area contributed by atoms with Crippen LogP contribution >= 0.6 is 17.8 Å². The summed E-state index contributed by atoms with van der Waals surface area (Å²) in [6.07, 6.45) is 0. The van der Waals surface area contributed by atoms with E-state index in [0.29, 0.717) is 0 Å². The standard InChI is InChI=1S/2C16H22NSi2.2ClH.Sn/c2*1-18(2,15-11-7-5-8-12-15)17-19(3,4)16-13-9-6-10-14-16;;;/h2*5-14H,1-4H3;2*1H;/q2*-1;;;+4/p-2. The molecule has 0 aliphatic heterocycles. The molecule has 0 amide bonds. The number of benzene rings is 4. The average molecular weight is 759 g/mol. The SMILES string of the molecule is C[Si](C)(c1ccccc1)[N]([Si](C)(C)c1ccccc1)[Sn]([Cl])([Cl])[N]([Si](C)(C)c1ccccc1)[Si](C)(C)c1ccccc1. The van der Waals surface area contributed by atoms with Gasteiger partial charge in [0.05, 0.1) is 0 Å². The summed E-state index contributed by atoms with van der Waals surface area (Å²) in [6.45, 7) is 19.8. The minimum atomic E-state index is -4.46. The third kappa shape index (κ3) is 6.46. The summed E-state index contributed by atoms with van der Waals surface area (Å²) in [5.41, 5.74) is 0. The van der Waals surface area contributed by atoms with Gasteiger partial charge in [0.15, 0.2) is 0 Å². The van der Waals surface area contributed by atoms with Crippen LogP contribution in [0, 0.1) is 0 Å². The predicted molar refractivity (Wildman–Crippen MR) is 195 cm³/mol. The van der Waals surface area contributed by atoms with E-state index in [-0.39, 0.29) is 0 Å². The molecule has 2 nitrogen and oxygen atoms in total. The Morgan fingerprint density at radius 2 is 0.537 bits per heavy atom. The fourth-order valence-electron chi connectivity index (χ4n) is 6.74. The number of rotatable bonds is 10. The van der Waals surface area contributed by atoms with Gasteiger partial charge in [-0.25, -0.2) is 0 Å². The third-order valence-corrected chi connectivity index (χ3v) is 69.9. The molecule has 216 valence electrons. The number of halogens is 2. The molecule has 41 heavy (non-hydrogen) atoms. The van der Waals surface area contributed by atoms with Gasteiger partial charge in [0, 0.05) is 0 Å². The first-order valence-electron chi connectivity index (χ1n) is 14.4. The van der Waals surface area contributed by atoms with E-state index in [9.17, 15) is 0 Å². The molecule has 4 aromatic carbocycles. The molecule has 4 rings (SSSR count). The van der Waals surface area contributed by atoms with Gasteiger partial charge in [-0.1, -0.05) is 0 Å². The molecule has 0 aliphatic rings. The summed E-state index contributed by atoms with van der Waals surface area (Å²) in [7, 11) is 7.31. The van der Waals surface area contributed by atoms with E-state index in [1.807, 2.05) is 0 Å². The van der Waals surface area contributed by atoms with Crippen molar-refractivity contribution in [2.75, 3.05) is 0 Å². The van der Waals surface area contributed by atoms with Crippen molar-refractivity contribution in [2.45, 2.75) is 52.4 Å². The summed E-state index contributed by atoms with van der Waals surface area (Å²) < 4.78 is 5.69. The Morgan fingerprint density at radius 3 is 0.707 bits per heavy atom. The van der Waals surface area contributed by atoms with Crippen LogP contribution in [0.25, 0.3) is 0 Å². The molecule has 0 aromatic heterocycles. The molecule has 0 N–H and O–H groups in total. The van der Waals surface area contributed by atoms with E-state index in [1.54, 1.807) is 0 Å². The molecular formula is C32H44Cl2N2Si4Sn. The van der Waals surface area contributed by atoms with E-state index in [2.05, 4.69) is 179 Å². The van der Waals surface area contributed by atoms with Crippen LogP contribution < -0.4 is 20.7 Å². The second-order valence-electron chi connectivity index (χ2n) is 12.9. The average Bonchev–Trinajstić information content (AvgIpc) is 2.94. The summed E-state index contributed by atoms with van der Waals surface area (Å²) in [5, 5.41) is 5.55. The summed E-state index contributed by atoms with van der Waals surface area (Å²) in [5.74, 6) is 0. The molecule has 0 spiro atoms. The van der Waals surface area contributed by atoms with Crippen LogP contribution in [-0.4, -0.2) is 54.5 Å². The quantitative estimate of drug-likeness (QED) is 0.162. The van der Waals surface area contributed by atoms with Crippen molar-refractivity contribution in [2.24, 2.45) is 0 Å². The summed E-state index contributed by atoms with van der Waals surface area (Å²) in [4.78, 5) is 0. The zero-order valence-corrected chi connectivity index (χ0v) is 34.1. The van der Waals surface area contributed by atoms with Gasteiger partial charge in [-0.3, -0.25) is 0 Å². The number of nitrogens with zero attached hydrogens (tertiary/aromatic N) is 2. The van der Waals surface area contributed by atoms with Crippen molar-refractivity contribution >= 4 is 88.2 Å². The maximum absolute atomic E-state index is 8.37. The van der Waals surface area contributed by atoms with Gasteiger partial charge in [0.2, 0.25) is 0 Å². The Morgan fingerprint density at radius 1 is 0.366 bits per heavy atom. The van der Waals surface area contributed by atoms with Gasteiger partial charge in [0.1, 0.15) is 0 Å². The van der Waals surface area contributed by atoms with Gasteiger partial charge in [-0.2, -0.15) is 0 Å². The Hall–Kier alpha value is -0.954. The van der Waals surface area contributed by atoms with Crippen LogP contribution in [0.3, 0.4) is 0 Å². The first-order chi connectivity index (χ1) is 19.2. The molecule has 0 radical (unpaired) electrons. The van der Waals surface area contributed by atoms with Gasteiger partial charge >= 0.3 is 267 Å². The van der Waals surface area contributed by atoms with Crippen LogP contribution in [0.4, 0.5) is 0 Å². The second-order valence-corrected chi connectivity index (χ2v) is 49.3. The van der Waals surface area contributed by atoms with Gasteiger partial charge < -0.3 is 0 Å². The van der Waals surface area contributed by atoms with E-state index < -0.39 is 49.6 Å². The second kappa shape index (κ2) is 12.6. The molecule has 0 heterocycles. The van der Waals surface area contributed by atoms with Gasteiger partial charge in [-0.05, 0) is 0 Å². The molecule has 4 aromatic rings. The van der Waals surface area contributed by atoms with Crippen molar-refractivity contribution in [3.05, 3.63) is 121 Å². The number of hydrogen-bond acceptors (Lipinski definition) is 2. The Balaban J connectivity index is 2.05. The first kappa shape index (κ1) is 32.9. The normalized spacial score (nSPS) is 13.6. The Bertz CT molecular complexity index is 1210. The van der Waals surface area contributed by atoms with Gasteiger partial charge in [-0.15, -0.1) is 0 Å². The van der Waals surface area contributed by atoms with Crippen LogP contribution in [0.1, 0.15) is 0 Å². The molecule has 0 atom stereocenters. The zero-order chi connectivity index (χ0) is 30.1. The van der Waals surface area contributed by atoms with Crippen molar-refractivity contribution in [3.8, 4) is 0 Å². The molecule has 0 unspecified atom stereocenters. The first-order valence-corrected chi connectivity index (χ1v) is 35.9. The van der Waals surface area contributed by atoms with E-state index >= 15 is 0 Å². The molecule has 0 saturated heterocycles. The van der Waals surface area contributed by atoms with Crippen molar-refractivity contribution in [3.63, 3.8) is 0 Å². The van der Waals surface area contributed by atoms with E-state index in [0.717, 1.165) is 0 Å². The molecule has 0 saturated carbocycles. The molecule has 0 aliphatic carbocycles. The minimum absolute atomic E-state index is 1.39. The van der Waals surface area contributed by atoms with Crippen LogP contribution in [0.5, 0.6) is 0 Å². The molecule has 9 heteroatoms. The number of hydrogen-bond donors (Lipinski definition) is 0. The maximum atomic E-state index is 8.37. The van der Waals surface area contributed by atoms with Crippen molar-refractivity contribution in [1.82, 2.24) is 4.91 Å². The van der Waals surface area contributed by atoms with Crippen LogP contribution in [-0.2, 0) is 0 Å². The van der Waals surface area contributed by atoms with Crippen molar-refractivity contribution in [1.29, 1.82) is 0 Å². The molecule has 0 bridgehead atoms. The molecular weight excluding hydrogens is 714 g/mol. The zero-order valence-electron chi connectivity index (χ0n) is 25.7. The monoisotopic (exact) mass is 758 g/mol. The van der Waals surface area contributed by atoms with E-state index in [1.165, 1.54) is 20.7 Å². The Kier molecular flexibility index (Phi) is 10.1. The summed E-state index contributed by atoms with van der Waals surface area (Å²) >= 11 is -4.46. The fourth-order valence-corrected chi connectivity index (χ4v) is 94.6. The molecule has 0 fully saturated rings. The van der Waals surface area contributed by atoms with Crippen LogP contribution in [0.15, 0.2) is 121 Å². The summed E-state index contributed by atoms with van der Waals surface area (Å²) in [6, 6.07) is 44.2. The third-order valence-electron chi connectivity index (χ3n) is 8.70. The van der Waals surface area contributed by atoms with E-state index in [4.69, 9.17) is 17.8 Å². The van der Waals surface area contributed by atoms with Gasteiger partial charge in [0.25, 0.3) is 0 Å². The Labute approximate surface area is 264 Å². The predicted octanol–water partition coefficient (Wildman–Crippen LogP) is 6.95.